The maximum absolute atomic E-state index is 11.5. The van der Waals surface area contributed by atoms with Crippen molar-refractivity contribution in [2.45, 2.75) is 25.2 Å². The molecule has 1 heterocycles. The van der Waals surface area contributed by atoms with Gasteiger partial charge in [0.05, 0.1) is 16.2 Å². The highest BCUT2D eigenvalue weighted by molar-refractivity contribution is 7.89. The van der Waals surface area contributed by atoms with Crippen molar-refractivity contribution in [3.05, 3.63) is 60.3 Å². The Balaban J connectivity index is 2.14. The summed E-state index contributed by atoms with van der Waals surface area (Å²) in [6.07, 6.45) is 0.766. The second-order valence-electron chi connectivity index (χ2n) is 6.37. The van der Waals surface area contributed by atoms with Crippen LogP contribution in [-0.4, -0.2) is 13.6 Å². The number of hydrogen-bond acceptors (Lipinski definition) is 4. The first-order valence-electron chi connectivity index (χ1n) is 8.03. The predicted molar refractivity (Wildman–Crippen MR) is 97.3 cm³/mol. The second kappa shape index (κ2) is 6.82. The fourth-order valence-electron chi connectivity index (χ4n) is 2.74. The average Bonchev–Trinajstić information content (AvgIpc) is 2.98. The van der Waals surface area contributed by atoms with Gasteiger partial charge >= 0.3 is 0 Å². The summed E-state index contributed by atoms with van der Waals surface area (Å²) in [5.74, 6) is 1.09. The molecular formula is C19H20N2O3S. The largest absolute Gasteiger partial charge is 0.355 e. The van der Waals surface area contributed by atoms with E-state index >= 15 is 0 Å². The minimum absolute atomic E-state index is 0.0828. The van der Waals surface area contributed by atoms with Crippen molar-refractivity contribution in [1.29, 1.82) is 0 Å². The molecule has 25 heavy (non-hydrogen) atoms. The number of nitrogens with two attached hydrogens (primary N) is 1. The first-order valence-corrected chi connectivity index (χ1v) is 9.58. The van der Waals surface area contributed by atoms with Gasteiger partial charge in [-0.2, -0.15) is 0 Å². The summed E-state index contributed by atoms with van der Waals surface area (Å²) < 4.78 is 28.6. The van der Waals surface area contributed by atoms with E-state index in [9.17, 15) is 8.42 Å². The van der Waals surface area contributed by atoms with Gasteiger partial charge in [-0.25, -0.2) is 13.6 Å². The monoisotopic (exact) mass is 356 g/mol. The van der Waals surface area contributed by atoms with Gasteiger partial charge in [0.2, 0.25) is 10.0 Å². The molecule has 0 bridgehead atoms. The third-order valence-electron chi connectivity index (χ3n) is 3.87. The first kappa shape index (κ1) is 17.4. The van der Waals surface area contributed by atoms with Gasteiger partial charge in [0.25, 0.3) is 0 Å². The normalized spacial score (nSPS) is 11.8. The fourth-order valence-corrected chi connectivity index (χ4v) is 3.26. The van der Waals surface area contributed by atoms with Gasteiger partial charge in [0.1, 0.15) is 0 Å². The van der Waals surface area contributed by atoms with Crippen LogP contribution in [0.5, 0.6) is 0 Å². The summed E-state index contributed by atoms with van der Waals surface area (Å²) in [7, 11) is -3.72. The molecule has 3 rings (SSSR count). The molecule has 0 radical (unpaired) electrons. The number of sulfonamides is 1. The Labute approximate surface area is 147 Å². The zero-order valence-electron chi connectivity index (χ0n) is 14.1. The lowest BCUT2D eigenvalue weighted by Gasteiger charge is -2.07. The van der Waals surface area contributed by atoms with Gasteiger partial charge in [-0.05, 0) is 30.0 Å². The predicted octanol–water partition coefficient (Wildman–Crippen LogP) is 3.85. The number of aromatic nitrogens is 1. The van der Waals surface area contributed by atoms with Crippen LogP contribution in [0.15, 0.2) is 64.0 Å². The van der Waals surface area contributed by atoms with Gasteiger partial charge in [0, 0.05) is 5.56 Å². The van der Waals surface area contributed by atoms with E-state index in [1.54, 1.807) is 12.1 Å². The fraction of sp³-hybridized carbons (Fsp3) is 0.211. The standard InChI is InChI=1S/C19H20N2O3S/c1-13(2)12-17-18(14-8-10-16(11-9-14)25(20,22)23)19(24-21-17)15-6-4-3-5-7-15/h3-11,13H,12H2,1-2H3,(H2,20,22,23). The number of hydrogen-bond donors (Lipinski definition) is 1. The van der Waals surface area contributed by atoms with E-state index in [-0.39, 0.29) is 4.90 Å². The Bertz CT molecular complexity index is 960. The summed E-state index contributed by atoms with van der Waals surface area (Å²) in [6.45, 7) is 4.23. The Morgan fingerprint density at radius 2 is 1.64 bits per heavy atom. The molecule has 0 aliphatic rings. The van der Waals surface area contributed by atoms with E-state index in [2.05, 4.69) is 19.0 Å². The molecule has 0 aliphatic heterocycles. The number of rotatable bonds is 5. The Kier molecular flexibility index (Phi) is 4.74. The van der Waals surface area contributed by atoms with Crippen molar-refractivity contribution < 1.29 is 12.9 Å². The zero-order valence-corrected chi connectivity index (χ0v) is 15.0. The summed E-state index contributed by atoms with van der Waals surface area (Å²) in [5.41, 5.74) is 3.52. The van der Waals surface area contributed by atoms with Gasteiger partial charge in [0.15, 0.2) is 5.76 Å². The molecule has 0 atom stereocenters. The van der Waals surface area contributed by atoms with E-state index in [0.29, 0.717) is 11.7 Å². The summed E-state index contributed by atoms with van der Waals surface area (Å²) in [6, 6.07) is 16.2. The highest BCUT2D eigenvalue weighted by Gasteiger charge is 2.20. The molecule has 2 N–H and O–H groups in total. The highest BCUT2D eigenvalue weighted by Crippen LogP contribution is 2.36. The summed E-state index contributed by atoms with van der Waals surface area (Å²) in [5, 5.41) is 9.45. The SMILES string of the molecule is CC(C)Cc1noc(-c2ccccc2)c1-c1ccc(S(N)(=O)=O)cc1. The summed E-state index contributed by atoms with van der Waals surface area (Å²) in [4.78, 5) is 0.0828. The van der Waals surface area contributed by atoms with Crippen molar-refractivity contribution in [2.75, 3.05) is 0 Å². The van der Waals surface area contributed by atoms with Gasteiger partial charge in [-0.1, -0.05) is 61.5 Å². The average molecular weight is 356 g/mol. The molecular weight excluding hydrogens is 336 g/mol. The third kappa shape index (κ3) is 3.81. The van der Waals surface area contributed by atoms with Crippen molar-refractivity contribution in [1.82, 2.24) is 5.16 Å². The maximum Gasteiger partial charge on any atom is 0.238 e. The molecule has 5 nitrogen and oxygen atoms in total. The third-order valence-corrected chi connectivity index (χ3v) is 4.80. The molecule has 3 aromatic rings. The molecule has 0 unspecified atom stereocenters. The van der Waals surface area contributed by atoms with Gasteiger partial charge < -0.3 is 4.52 Å². The molecule has 0 aliphatic carbocycles. The topological polar surface area (TPSA) is 86.2 Å². The smallest absolute Gasteiger partial charge is 0.238 e. The van der Waals surface area contributed by atoms with E-state index in [0.717, 1.165) is 28.8 Å². The molecule has 0 spiro atoms. The first-order chi connectivity index (χ1) is 11.9. The van der Waals surface area contributed by atoms with Gasteiger partial charge in [-0.15, -0.1) is 0 Å². The Morgan fingerprint density at radius 3 is 2.20 bits per heavy atom. The van der Waals surface area contributed by atoms with Crippen molar-refractivity contribution in [3.8, 4) is 22.5 Å². The number of benzene rings is 2. The lowest BCUT2D eigenvalue weighted by Crippen LogP contribution is -2.11. The molecule has 0 fully saturated rings. The molecule has 1 aromatic heterocycles. The maximum atomic E-state index is 11.5. The van der Waals surface area contributed by atoms with E-state index in [4.69, 9.17) is 9.66 Å². The van der Waals surface area contributed by atoms with Gasteiger partial charge in [-0.3, -0.25) is 0 Å². The summed E-state index contributed by atoms with van der Waals surface area (Å²) >= 11 is 0. The van der Waals surface area contributed by atoms with Crippen LogP contribution in [0, 0.1) is 5.92 Å². The lowest BCUT2D eigenvalue weighted by molar-refractivity contribution is 0.418. The zero-order chi connectivity index (χ0) is 18.0. The number of nitrogens with zero attached hydrogens (tertiary/aromatic N) is 1. The van der Waals surface area contributed by atoms with Crippen LogP contribution < -0.4 is 5.14 Å². The molecule has 2 aromatic carbocycles. The molecule has 0 saturated heterocycles. The van der Waals surface area contributed by atoms with Crippen LogP contribution in [0.4, 0.5) is 0 Å². The number of primary sulfonamides is 1. The highest BCUT2D eigenvalue weighted by atomic mass is 32.2. The van der Waals surface area contributed by atoms with E-state index in [1.807, 2.05) is 30.3 Å². The molecule has 0 saturated carbocycles. The Hall–Kier alpha value is -2.44. The van der Waals surface area contributed by atoms with Crippen LogP contribution in [0.1, 0.15) is 19.5 Å². The van der Waals surface area contributed by atoms with Crippen LogP contribution in [-0.2, 0) is 16.4 Å². The lowest BCUT2D eigenvalue weighted by atomic mass is 9.96. The minimum Gasteiger partial charge on any atom is -0.355 e. The minimum atomic E-state index is -3.72. The second-order valence-corrected chi connectivity index (χ2v) is 7.93. The van der Waals surface area contributed by atoms with Crippen molar-refractivity contribution in [2.24, 2.45) is 11.1 Å². The molecule has 0 amide bonds. The van der Waals surface area contributed by atoms with Crippen LogP contribution in [0.25, 0.3) is 22.5 Å². The van der Waals surface area contributed by atoms with E-state index < -0.39 is 10.0 Å². The van der Waals surface area contributed by atoms with Crippen LogP contribution in [0.3, 0.4) is 0 Å². The van der Waals surface area contributed by atoms with Crippen molar-refractivity contribution in [3.63, 3.8) is 0 Å². The molecule has 130 valence electrons. The van der Waals surface area contributed by atoms with Crippen LogP contribution in [0.2, 0.25) is 0 Å². The van der Waals surface area contributed by atoms with E-state index in [1.165, 1.54) is 12.1 Å². The Morgan fingerprint density at radius 1 is 1.00 bits per heavy atom. The quantitative estimate of drug-likeness (QED) is 0.752. The van der Waals surface area contributed by atoms with Crippen LogP contribution >= 0.6 is 0 Å². The van der Waals surface area contributed by atoms with Crippen molar-refractivity contribution >= 4 is 10.0 Å². The molecule has 6 heteroatoms.